The van der Waals surface area contributed by atoms with E-state index in [1.165, 1.54) is 11.2 Å². The zero-order valence-electron chi connectivity index (χ0n) is 8.43. The van der Waals surface area contributed by atoms with Gasteiger partial charge >= 0.3 is 12.0 Å². The molecule has 2 amide bonds. The van der Waals surface area contributed by atoms with Gasteiger partial charge in [-0.1, -0.05) is 0 Å². The van der Waals surface area contributed by atoms with Crippen LogP contribution in [-0.4, -0.2) is 30.1 Å². The van der Waals surface area contributed by atoms with Gasteiger partial charge in [0.2, 0.25) is 0 Å². The summed E-state index contributed by atoms with van der Waals surface area (Å²) in [5.41, 5.74) is 2.58. The Balaban J connectivity index is 2.12. The summed E-state index contributed by atoms with van der Waals surface area (Å²) >= 11 is 0. The second-order valence-electron chi connectivity index (χ2n) is 3.28. The Kier molecular flexibility index (Phi) is 2.78. The summed E-state index contributed by atoms with van der Waals surface area (Å²) in [5, 5.41) is 0. The lowest BCUT2D eigenvalue weighted by molar-refractivity contribution is 0.0923. The molecule has 2 heterocycles. The molecule has 1 fully saturated rings. The molecule has 0 saturated carbocycles. The number of furan rings is 1. The van der Waals surface area contributed by atoms with Crippen LogP contribution < -0.4 is 11.3 Å². The number of nitrogens with one attached hydrogen (secondary N) is 1. The van der Waals surface area contributed by atoms with Gasteiger partial charge in [-0.3, -0.25) is 10.2 Å². The maximum atomic E-state index is 11.3. The van der Waals surface area contributed by atoms with Gasteiger partial charge in [-0.2, -0.15) is 0 Å². The van der Waals surface area contributed by atoms with Crippen LogP contribution in [0.5, 0.6) is 0 Å². The van der Waals surface area contributed by atoms with E-state index in [4.69, 9.17) is 15.0 Å². The molecule has 16 heavy (non-hydrogen) atoms. The molecule has 7 heteroatoms. The molecule has 1 aromatic heterocycles. The number of hydrazine groups is 1. The topological polar surface area (TPSA) is 97.8 Å². The highest BCUT2D eigenvalue weighted by atomic mass is 16.6. The van der Waals surface area contributed by atoms with Crippen molar-refractivity contribution in [1.82, 2.24) is 10.3 Å². The third-order valence-electron chi connectivity index (χ3n) is 2.29. The molecule has 1 saturated heterocycles. The summed E-state index contributed by atoms with van der Waals surface area (Å²) in [7, 11) is 0. The minimum absolute atomic E-state index is 0.113. The van der Waals surface area contributed by atoms with Crippen molar-refractivity contribution in [2.75, 3.05) is 13.2 Å². The van der Waals surface area contributed by atoms with Crippen LogP contribution in [0.4, 0.5) is 4.79 Å². The predicted molar refractivity (Wildman–Crippen MR) is 52.1 cm³/mol. The molecule has 2 rings (SSSR count). The fourth-order valence-corrected chi connectivity index (χ4v) is 1.50. The van der Waals surface area contributed by atoms with Gasteiger partial charge < -0.3 is 14.1 Å². The standard InChI is InChI=1S/C9H11N3O4/c10-11-8(13)7-6(1-3-15-7)5-12-2-4-16-9(12)14/h1,3H,2,4-5,10H2,(H,11,13). The summed E-state index contributed by atoms with van der Waals surface area (Å²) < 4.78 is 9.76. The van der Waals surface area contributed by atoms with Gasteiger partial charge in [0.15, 0.2) is 5.76 Å². The number of cyclic esters (lactones) is 1. The Labute approximate surface area is 91.1 Å². The molecule has 86 valence electrons. The monoisotopic (exact) mass is 225 g/mol. The average molecular weight is 225 g/mol. The van der Waals surface area contributed by atoms with E-state index < -0.39 is 5.91 Å². The van der Waals surface area contributed by atoms with Crippen molar-refractivity contribution in [1.29, 1.82) is 0 Å². The van der Waals surface area contributed by atoms with Gasteiger partial charge in [0.1, 0.15) is 6.61 Å². The highest BCUT2D eigenvalue weighted by Crippen LogP contribution is 2.15. The van der Waals surface area contributed by atoms with Crippen LogP contribution in [-0.2, 0) is 11.3 Å². The number of nitrogen functional groups attached to an aromatic ring is 1. The van der Waals surface area contributed by atoms with Crippen molar-refractivity contribution in [3.63, 3.8) is 0 Å². The van der Waals surface area contributed by atoms with Crippen LogP contribution in [0, 0.1) is 0 Å². The molecule has 0 unspecified atom stereocenters. The number of hydrogen-bond donors (Lipinski definition) is 2. The lowest BCUT2D eigenvalue weighted by Crippen LogP contribution is -2.31. The average Bonchev–Trinajstić information content (AvgIpc) is 2.88. The number of hydrogen-bond acceptors (Lipinski definition) is 5. The lowest BCUT2D eigenvalue weighted by atomic mass is 10.2. The normalized spacial score (nSPS) is 15.1. The van der Waals surface area contributed by atoms with Crippen LogP contribution >= 0.6 is 0 Å². The zero-order chi connectivity index (χ0) is 11.5. The second kappa shape index (κ2) is 4.23. The van der Waals surface area contributed by atoms with Gasteiger partial charge in [-0.05, 0) is 6.07 Å². The van der Waals surface area contributed by atoms with Gasteiger partial charge in [0, 0.05) is 5.56 Å². The van der Waals surface area contributed by atoms with Gasteiger partial charge in [-0.15, -0.1) is 0 Å². The van der Waals surface area contributed by atoms with Crippen molar-refractivity contribution in [3.8, 4) is 0 Å². The van der Waals surface area contributed by atoms with Crippen LogP contribution in [0.2, 0.25) is 0 Å². The first-order valence-electron chi connectivity index (χ1n) is 4.71. The predicted octanol–water partition coefficient (Wildman–Crippen LogP) is -0.165. The van der Waals surface area contributed by atoms with Crippen molar-refractivity contribution < 1.29 is 18.7 Å². The Morgan fingerprint density at radius 3 is 3.06 bits per heavy atom. The molecule has 0 atom stereocenters. The van der Waals surface area contributed by atoms with E-state index in [9.17, 15) is 9.59 Å². The van der Waals surface area contributed by atoms with Crippen LogP contribution in [0.15, 0.2) is 16.7 Å². The molecule has 0 bridgehead atoms. The number of nitrogens with zero attached hydrogens (tertiary/aromatic N) is 1. The summed E-state index contributed by atoms with van der Waals surface area (Å²) in [6.45, 7) is 1.15. The van der Waals surface area contributed by atoms with Crippen molar-refractivity contribution in [3.05, 3.63) is 23.7 Å². The molecule has 1 aromatic rings. The molecular formula is C9H11N3O4. The number of nitrogens with two attached hydrogens (primary N) is 1. The SMILES string of the molecule is NNC(=O)c1occc1CN1CCOC1=O. The Bertz CT molecular complexity index is 415. The first-order chi connectivity index (χ1) is 7.72. The number of amides is 2. The molecule has 0 aliphatic carbocycles. The van der Waals surface area contributed by atoms with E-state index in [-0.39, 0.29) is 18.4 Å². The van der Waals surface area contributed by atoms with Crippen LogP contribution in [0.1, 0.15) is 16.1 Å². The third-order valence-corrected chi connectivity index (χ3v) is 2.29. The minimum Gasteiger partial charge on any atom is -0.459 e. The van der Waals surface area contributed by atoms with Gasteiger partial charge in [0.05, 0.1) is 19.4 Å². The highest BCUT2D eigenvalue weighted by molar-refractivity contribution is 5.92. The maximum absolute atomic E-state index is 11.3. The Hall–Kier alpha value is -2.02. The summed E-state index contributed by atoms with van der Waals surface area (Å²) in [5.74, 6) is 4.60. The van der Waals surface area contributed by atoms with E-state index in [0.717, 1.165) is 0 Å². The fraction of sp³-hybridized carbons (Fsp3) is 0.333. The summed E-state index contributed by atoms with van der Waals surface area (Å²) in [6, 6.07) is 1.62. The fourth-order valence-electron chi connectivity index (χ4n) is 1.50. The molecule has 3 N–H and O–H groups in total. The molecule has 1 aliphatic heterocycles. The first-order valence-corrected chi connectivity index (χ1v) is 4.71. The molecule has 0 radical (unpaired) electrons. The van der Waals surface area contributed by atoms with Crippen molar-refractivity contribution in [2.24, 2.45) is 5.84 Å². The number of carbonyl (C=O) groups is 2. The number of rotatable bonds is 3. The molecular weight excluding hydrogens is 214 g/mol. The third kappa shape index (κ3) is 1.84. The van der Waals surface area contributed by atoms with E-state index >= 15 is 0 Å². The van der Waals surface area contributed by atoms with Crippen LogP contribution in [0.25, 0.3) is 0 Å². The first kappa shape index (κ1) is 10.5. The molecule has 0 spiro atoms. The minimum atomic E-state index is -0.521. The van der Waals surface area contributed by atoms with Crippen LogP contribution in [0.3, 0.4) is 0 Å². The van der Waals surface area contributed by atoms with E-state index in [1.807, 2.05) is 5.43 Å². The number of carbonyl (C=O) groups excluding carboxylic acids is 2. The largest absolute Gasteiger partial charge is 0.459 e. The zero-order valence-corrected chi connectivity index (χ0v) is 8.43. The van der Waals surface area contributed by atoms with E-state index in [2.05, 4.69) is 0 Å². The Morgan fingerprint density at radius 1 is 1.62 bits per heavy atom. The number of ether oxygens (including phenoxy) is 1. The van der Waals surface area contributed by atoms with E-state index in [0.29, 0.717) is 18.7 Å². The maximum Gasteiger partial charge on any atom is 0.410 e. The van der Waals surface area contributed by atoms with Crippen molar-refractivity contribution in [2.45, 2.75) is 6.54 Å². The molecule has 0 aromatic carbocycles. The molecule has 7 nitrogen and oxygen atoms in total. The van der Waals surface area contributed by atoms with Crippen molar-refractivity contribution >= 4 is 12.0 Å². The van der Waals surface area contributed by atoms with Gasteiger partial charge in [-0.25, -0.2) is 10.6 Å². The lowest BCUT2D eigenvalue weighted by Gasteiger charge is -2.11. The summed E-state index contributed by atoms with van der Waals surface area (Å²) in [4.78, 5) is 24.0. The highest BCUT2D eigenvalue weighted by Gasteiger charge is 2.24. The molecule has 1 aliphatic rings. The smallest absolute Gasteiger partial charge is 0.410 e. The van der Waals surface area contributed by atoms with Gasteiger partial charge in [0.25, 0.3) is 0 Å². The summed E-state index contributed by atoms with van der Waals surface area (Å²) in [6.07, 6.45) is 0.988. The van der Waals surface area contributed by atoms with E-state index in [1.54, 1.807) is 6.07 Å². The Morgan fingerprint density at radius 2 is 2.44 bits per heavy atom. The second-order valence-corrected chi connectivity index (χ2v) is 3.28. The quantitative estimate of drug-likeness (QED) is 0.423.